The van der Waals surface area contributed by atoms with Crippen LogP contribution < -0.4 is 10.5 Å². The largest absolute Gasteiger partial charge is 0.477 e. The van der Waals surface area contributed by atoms with E-state index >= 15 is 0 Å². The van der Waals surface area contributed by atoms with Gasteiger partial charge in [-0.15, -0.1) is 11.3 Å². The number of alkyl halides is 2. The third-order valence-electron chi connectivity index (χ3n) is 4.88. The molecular formula is C17H22F3N5OS. The van der Waals surface area contributed by atoms with Gasteiger partial charge in [0.15, 0.2) is 0 Å². The van der Waals surface area contributed by atoms with Gasteiger partial charge in [-0.1, -0.05) is 0 Å². The number of likely N-dealkylation sites (tertiary alicyclic amines) is 1. The number of thiazole rings is 1. The van der Waals surface area contributed by atoms with Gasteiger partial charge in [0.2, 0.25) is 11.8 Å². The van der Waals surface area contributed by atoms with Crippen molar-refractivity contribution in [3.8, 4) is 5.88 Å². The highest BCUT2D eigenvalue weighted by Gasteiger charge is 2.30. The van der Waals surface area contributed by atoms with Crippen molar-refractivity contribution in [2.75, 3.05) is 26.2 Å². The molecule has 1 aliphatic rings. The minimum atomic E-state index is -2.59. The Bertz CT molecular complexity index is 752. The van der Waals surface area contributed by atoms with Crippen LogP contribution in [0.4, 0.5) is 13.2 Å². The van der Waals surface area contributed by atoms with Crippen LogP contribution in [0.5, 0.6) is 5.88 Å². The molecule has 1 saturated heterocycles. The number of ether oxygens (including phenoxy) is 1. The lowest BCUT2D eigenvalue weighted by Gasteiger charge is -2.36. The maximum absolute atomic E-state index is 13.4. The third kappa shape index (κ3) is 4.56. The highest BCUT2D eigenvalue weighted by molar-refractivity contribution is 7.09. The van der Waals surface area contributed by atoms with Crippen LogP contribution in [0.25, 0.3) is 0 Å². The number of hydrogen-bond donors (Lipinski definition) is 1. The highest BCUT2D eigenvalue weighted by atomic mass is 32.1. The van der Waals surface area contributed by atoms with Gasteiger partial charge in [-0.3, -0.25) is 4.90 Å². The summed E-state index contributed by atoms with van der Waals surface area (Å²) < 4.78 is 45.4. The quantitative estimate of drug-likeness (QED) is 0.719. The smallest absolute Gasteiger partial charge is 0.281 e. The van der Waals surface area contributed by atoms with E-state index in [2.05, 4.69) is 19.9 Å². The lowest BCUT2D eigenvalue weighted by atomic mass is 9.96. The van der Waals surface area contributed by atoms with E-state index in [4.69, 9.17) is 10.5 Å². The number of rotatable bonds is 7. The van der Waals surface area contributed by atoms with Gasteiger partial charge in [0.25, 0.3) is 6.43 Å². The van der Waals surface area contributed by atoms with Gasteiger partial charge in [-0.2, -0.15) is 4.39 Å². The summed E-state index contributed by atoms with van der Waals surface area (Å²) in [5.74, 6) is -0.0378. The van der Waals surface area contributed by atoms with Crippen LogP contribution in [0.1, 0.15) is 41.4 Å². The van der Waals surface area contributed by atoms with E-state index in [9.17, 15) is 13.2 Å². The van der Waals surface area contributed by atoms with Crippen LogP contribution in [0, 0.1) is 18.8 Å². The van der Waals surface area contributed by atoms with E-state index in [1.807, 2.05) is 0 Å². The van der Waals surface area contributed by atoms with Gasteiger partial charge in [0, 0.05) is 6.54 Å². The van der Waals surface area contributed by atoms with Gasteiger partial charge in [0.1, 0.15) is 12.0 Å². The van der Waals surface area contributed by atoms with Crippen molar-refractivity contribution < 1.29 is 17.9 Å². The molecule has 0 saturated carbocycles. The number of hydrogen-bond acceptors (Lipinski definition) is 7. The maximum atomic E-state index is 13.4. The molecule has 1 unspecified atom stereocenters. The lowest BCUT2D eigenvalue weighted by molar-refractivity contribution is 0.104. The minimum Gasteiger partial charge on any atom is -0.477 e. The van der Waals surface area contributed by atoms with Crippen LogP contribution in [-0.2, 0) is 0 Å². The zero-order chi connectivity index (χ0) is 19.4. The van der Waals surface area contributed by atoms with Crippen molar-refractivity contribution in [1.29, 1.82) is 0 Å². The molecule has 1 fully saturated rings. The van der Waals surface area contributed by atoms with Crippen LogP contribution in [-0.4, -0.2) is 46.1 Å². The second-order valence-corrected chi connectivity index (χ2v) is 7.43. The van der Waals surface area contributed by atoms with Crippen molar-refractivity contribution in [3.63, 3.8) is 0 Å². The Morgan fingerprint density at radius 3 is 2.70 bits per heavy atom. The minimum absolute atomic E-state index is 0.165. The van der Waals surface area contributed by atoms with Crippen molar-refractivity contribution in [3.05, 3.63) is 33.9 Å². The number of piperidine rings is 1. The van der Waals surface area contributed by atoms with Gasteiger partial charge >= 0.3 is 0 Å². The molecular weight excluding hydrogens is 379 g/mol. The second kappa shape index (κ2) is 8.94. The average molecular weight is 401 g/mol. The van der Waals surface area contributed by atoms with Crippen LogP contribution in [0.15, 0.2) is 11.8 Å². The first-order valence-electron chi connectivity index (χ1n) is 8.76. The highest BCUT2D eigenvalue weighted by Crippen LogP contribution is 2.34. The van der Waals surface area contributed by atoms with Gasteiger partial charge < -0.3 is 10.5 Å². The van der Waals surface area contributed by atoms with Crippen molar-refractivity contribution >= 4 is 11.3 Å². The molecule has 2 aromatic rings. The summed E-state index contributed by atoms with van der Waals surface area (Å²) in [5.41, 5.74) is 7.46. The predicted octanol–water partition coefficient (Wildman–Crippen LogP) is 3.11. The number of nitrogens with zero attached hydrogens (tertiary/aromatic N) is 4. The Morgan fingerprint density at radius 1 is 1.30 bits per heavy atom. The van der Waals surface area contributed by atoms with E-state index in [1.54, 1.807) is 6.92 Å². The molecule has 10 heteroatoms. The molecule has 0 radical (unpaired) electrons. The predicted molar refractivity (Wildman–Crippen MR) is 95.4 cm³/mol. The molecule has 3 heterocycles. The summed E-state index contributed by atoms with van der Waals surface area (Å²) in [4.78, 5) is 13.9. The van der Waals surface area contributed by atoms with E-state index in [-0.39, 0.29) is 30.1 Å². The molecule has 2 N–H and O–H groups in total. The average Bonchev–Trinajstić information content (AvgIpc) is 3.14. The summed E-state index contributed by atoms with van der Waals surface area (Å²) >= 11 is 1.23. The van der Waals surface area contributed by atoms with Gasteiger partial charge in [-0.25, -0.2) is 23.7 Å². The first-order chi connectivity index (χ1) is 13.0. The molecule has 2 aromatic heterocycles. The Balaban J connectivity index is 1.56. The summed E-state index contributed by atoms with van der Waals surface area (Å²) in [5, 5.41) is 0. The third-order valence-corrected chi connectivity index (χ3v) is 5.82. The maximum Gasteiger partial charge on any atom is 0.281 e. The molecule has 0 aromatic carbocycles. The van der Waals surface area contributed by atoms with E-state index in [0.29, 0.717) is 17.0 Å². The fourth-order valence-electron chi connectivity index (χ4n) is 3.29. The fraction of sp³-hybridized carbons (Fsp3) is 0.588. The van der Waals surface area contributed by atoms with Crippen LogP contribution >= 0.6 is 11.3 Å². The Hall–Kier alpha value is -1.78. The Morgan fingerprint density at radius 2 is 2.04 bits per heavy atom. The number of halogens is 3. The van der Waals surface area contributed by atoms with E-state index in [0.717, 1.165) is 32.3 Å². The SMILES string of the molecule is Cc1c(F)ncnc1OCC1CCN(C(CN)c2scnc2C(F)F)CC1. The first kappa shape index (κ1) is 20.0. The molecule has 27 heavy (non-hydrogen) atoms. The molecule has 1 aliphatic heterocycles. The van der Waals surface area contributed by atoms with Crippen molar-refractivity contribution in [2.45, 2.75) is 32.2 Å². The summed E-state index contributed by atoms with van der Waals surface area (Å²) in [6.45, 7) is 3.74. The molecule has 148 valence electrons. The standard InChI is InChI=1S/C17H22F3N5OS/c1-10-16(20)22-8-23-17(10)26-7-11-2-4-25(5-3-11)12(6-21)14-13(15(18)19)24-9-27-14/h8-9,11-12,15H,2-7,21H2,1H3. The fourth-order valence-corrected chi connectivity index (χ4v) is 4.23. The lowest BCUT2D eigenvalue weighted by Crippen LogP contribution is -2.41. The first-order valence-corrected chi connectivity index (χ1v) is 9.64. The molecule has 3 rings (SSSR count). The zero-order valence-corrected chi connectivity index (χ0v) is 15.8. The molecule has 0 amide bonds. The van der Waals surface area contributed by atoms with E-state index in [1.165, 1.54) is 16.8 Å². The zero-order valence-electron chi connectivity index (χ0n) is 14.9. The van der Waals surface area contributed by atoms with Crippen LogP contribution in [0.2, 0.25) is 0 Å². The normalized spacial score (nSPS) is 17.4. The number of nitrogens with two attached hydrogens (primary N) is 1. The van der Waals surface area contributed by atoms with Crippen LogP contribution in [0.3, 0.4) is 0 Å². The summed E-state index contributed by atoms with van der Waals surface area (Å²) in [7, 11) is 0. The monoisotopic (exact) mass is 401 g/mol. The van der Waals surface area contributed by atoms with Gasteiger partial charge in [-0.05, 0) is 38.8 Å². The Kier molecular flexibility index (Phi) is 6.61. The van der Waals surface area contributed by atoms with Crippen molar-refractivity contribution in [2.24, 2.45) is 11.7 Å². The molecule has 0 aliphatic carbocycles. The molecule has 1 atom stereocenters. The van der Waals surface area contributed by atoms with E-state index < -0.39 is 12.4 Å². The molecule has 6 nitrogen and oxygen atoms in total. The Labute approximate surface area is 159 Å². The summed E-state index contributed by atoms with van der Waals surface area (Å²) in [6, 6.07) is -0.249. The van der Waals surface area contributed by atoms with Gasteiger partial charge in [0.05, 0.1) is 28.6 Å². The topological polar surface area (TPSA) is 77.2 Å². The number of aromatic nitrogens is 3. The molecule has 0 bridgehead atoms. The van der Waals surface area contributed by atoms with Crippen molar-refractivity contribution in [1.82, 2.24) is 19.9 Å². The molecule has 0 spiro atoms. The second-order valence-electron chi connectivity index (χ2n) is 6.54. The summed E-state index contributed by atoms with van der Waals surface area (Å²) in [6.07, 6.45) is 0.224.